The lowest BCUT2D eigenvalue weighted by Gasteiger charge is -2.44. The maximum absolute atomic E-state index is 12.6. The van der Waals surface area contributed by atoms with E-state index in [4.69, 9.17) is 4.74 Å². The monoisotopic (exact) mass is 514 g/mol. The summed E-state index contributed by atoms with van der Waals surface area (Å²) in [6.45, 7) is 16.6. The predicted octanol–water partition coefficient (Wildman–Crippen LogP) is 5.91. The molecule has 3 aliphatic carbocycles. The first kappa shape index (κ1) is 29.9. The van der Waals surface area contributed by atoms with Crippen LogP contribution in [0.4, 0.5) is 0 Å². The summed E-state index contributed by atoms with van der Waals surface area (Å²) in [6, 6.07) is 0. The van der Waals surface area contributed by atoms with Gasteiger partial charge in [-0.05, 0) is 92.6 Å². The molecule has 0 aromatic heterocycles. The molecular formula is C32H50O5. The molecule has 0 heterocycles. The Kier molecular flexibility index (Phi) is 9.69. The minimum atomic E-state index is -0.994. The molecule has 3 fully saturated rings. The summed E-state index contributed by atoms with van der Waals surface area (Å²) in [5, 5.41) is 31.1. The van der Waals surface area contributed by atoms with Crippen LogP contribution in [0.1, 0.15) is 86.5 Å². The molecule has 0 radical (unpaired) electrons. The average molecular weight is 515 g/mol. The molecule has 5 nitrogen and oxygen atoms in total. The number of hydrogen-bond donors (Lipinski definition) is 3. The first-order valence-electron chi connectivity index (χ1n) is 14.3. The number of rotatable bonds is 8. The second kappa shape index (κ2) is 12.0. The third-order valence-corrected chi connectivity index (χ3v) is 9.35. The molecule has 208 valence electrons. The van der Waals surface area contributed by atoms with Gasteiger partial charge in [0.15, 0.2) is 0 Å². The van der Waals surface area contributed by atoms with Gasteiger partial charge in [-0.25, -0.2) is 0 Å². The van der Waals surface area contributed by atoms with E-state index in [0.29, 0.717) is 31.3 Å². The van der Waals surface area contributed by atoms with E-state index in [1.807, 2.05) is 13.8 Å². The van der Waals surface area contributed by atoms with Gasteiger partial charge >= 0.3 is 5.97 Å². The van der Waals surface area contributed by atoms with Crippen LogP contribution < -0.4 is 0 Å². The largest absolute Gasteiger partial charge is 0.465 e. The summed E-state index contributed by atoms with van der Waals surface area (Å²) < 4.78 is 5.40. The second-order valence-corrected chi connectivity index (χ2v) is 13.1. The molecule has 0 amide bonds. The van der Waals surface area contributed by atoms with Crippen molar-refractivity contribution in [2.24, 2.45) is 34.5 Å². The third kappa shape index (κ3) is 6.66. The molecular weight excluding hydrogens is 464 g/mol. The van der Waals surface area contributed by atoms with Crippen molar-refractivity contribution in [2.45, 2.75) is 105 Å². The fourth-order valence-corrected chi connectivity index (χ4v) is 6.81. The third-order valence-electron chi connectivity index (χ3n) is 9.35. The fraction of sp³-hybridized carbons (Fsp3) is 0.719. The van der Waals surface area contributed by atoms with E-state index >= 15 is 0 Å². The van der Waals surface area contributed by atoms with E-state index in [2.05, 4.69) is 38.7 Å². The van der Waals surface area contributed by atoms with Crippen molar-refractivity contribution in [1.82, 2.24) is 0 Å². The first-order valence-corrected chi connectivity index (χ1v) is 14.3. The molecule has 3 N–H and O–H groups in total. The lowest BCUT2D eigenvalue weighted by molar-refractivity contribution is -0.159. The van der Waals surface area contributed by atoms with Gasteiger partial charge in [-0.15, -0.1) is 0 Å². The van der Waals surface area contributed by atoms with Crippen LogP contribution in [0.2, 0.25) is 0 Å². The summed E-state index contributed by atoms with van der Waals surface area (Å²) >= 11 is 0. The molecule has 3 rings (SSSR count). The molecule has 5 heteroatoms. The molecule has 7 atom stereocenters. The lowest BCUT2D eigenvalue weighted by Crippen LogP contribution is -2.38. The second-order valence-electron chi connectivity index (χ2n) is 13.1. The molecule has 0 aromatic rings. The zero-order chi connectivity index (χ0) is 27.5. The van der Waals surface area contributed by atoms with Crippen LogP contribution in [0.15, 0.2) is 47.6 Å². The summed E-state index contributed by atoms with van der Waals surface area (Å²) in [7, 11) is 0. The number of carbonyl (C=O) groups is 1. The van der Waals surface area contributed by atoms with Gasteiger partial charge < -0.3 is 20.1 Å². The Balaban J connectivity index is 1.70. The summed E-state index contributed by atoms with van der Waals surface area (Å²) in [4.78, 5) is 12.6. The Morgan fingerprint density at radius 1 is 1.19 bits per heavy atom. The van der Waals surface area contributed by atoms with Gasteiger partial charge in [0, 0.05) is 6.42 Å². The average Bonchev–Trinajstić information content (AvgIpc) is 3.19. The highest BCUT2D eigenvalue weighted by atomic mass is 16.5. The highest BCUT2D eigenvalue weighted by Gasteiger charge is 2.50. The standard InChI is InChI=1S/C32H50O5/c1-20(2)19-37-30(36)31(5,6)29(35)15-10-21(3)26-13-14-27-23(9-8-16-32(26,27)7)11-12-24-17-25(33)18-28(34)22(24)4/h10-12,15,20-21,25-29,33-35H,4,8-9,13-14,16-19H2,1-3,5-7H3/t21-,25-,26-,27+,28+,29-,32-/m1/s1. The van der Waals surface area contributed by atoms with Gasteiger partial charge in [0.1, 0.15) is 0 Å². The highest BCUT2D eigenvalue weighted by molar-refractivity contribution is 5.77. The van der Waals surface area contributed by atoms with E-state index in [1.165, 1.54) is 12.0 Å². The van der Waals surface area contributed by atoms with Gasteiger partial charge in [-0.2, -0.15) is 0 Å². The zero-order valence-electron chi connectivity index (χ0n) is 23.9. The molecule has 37 heavy (non-hydrogen) atoms. The van der Waals surface area contributed by atoms with E-state index in [9.17, 15) is 20.1 Å². The molecule has 0 saturated heterocycles. The van der Waals surface area contributed by atoms with E-state index in [1.54, 1.807) is 19.9 Å². The van der Waals surface area contributed by atoms with Crippen LogP contribution in [0.25, 0.3) is 0 Å². The van der Waals surface area contributed by atoms with Gasteiger partial charge in [-0.3, -0.25) is 4.79 Å². The number of ether oxygens (including phenoxy) is 1. The smallest absolute Gasteiger partial charge is 0.314 e. The van der Waals surface area contributed by atoms with E-state index in [-0.39, 0.29) is 23.2 Å². The van der Waals surface area contributed by atoms with Crippen molar-refractivity contribution >= 4 is 5.97 Å². The quantitative estimate of drug-likeness (QED) is 0.277. The Bertz CT molecular complexity index is 925. The van der Waals surface area contributed by atoms with Crippen LogP contribution >= 0.6 is 0 Å². The SMILES string of the molecule is C=C1C(=CC=C2CCC[C@]3(C)[C@@H]([C@H](C)C=C[C@@H](O)C(C)(C)C(=O)OCC(C)C)CC[C@@H]23)C[C@@H](O)C[C@@H]1O. The minimum Gasteiger partial charge on any atom is -0.465 e. The number of aliphatic hydroxyl groups is 3. The Morgan fingerprint density at radius 3 is 2.57 bits per heavy atom. The molecule has 0 bridgehead atoms. The maximum Gasteiger partial charge on any atom is 0.314 e. The van der Waals surface area contributed by atoms with Gasteiger partial charge in [0.2, 0.25) is 0 Å². The number of aliphatic hydroxyl groups excluding tert-OH is 3. The van der Waals surface area contributed by atoms with Gasteiger partial charge in [0.05, 0.1) is 30.3 Å². The number of carbonyl (C=O) groups excluding carboxylic acids is 1. The topological polar surface area (TPSA) is 87.0 Å². The van der Waals surface area contributed by atoms with Crippen LogP contribution in [-0.2, 0) is 9.53 Å². The van der Waals surface area contributed by atoms with Gasteiger partial charge in [-0.1, -0.05) is 64.2 Å². The number of esters is 1. The van der Waals surface area contributed by atoms with Crippen molar-refractivity contribution in [2.75, 3.05) is 6.61 Å². The van der Waals surface area contributed by atoms with Crippen LogP contribution in [-0.4, -0.2) is 46.2 Å². The normalized spacial score (nSPS) is 34.8. The van der Waals surface area contributed by atoms with Crippen molar-refractivity contribution in [1.29, 1.82) is 0 Å². The van der Waals surface area contributed by atoms with Gasteiger partial charge in [0.25, 0.3) is 0 Å². The minimum absolute atomic E-state index is 0.186. The van der Waals surface area contributed by atoms with Crippen LogP contribution in [0.5, 0.6) is 0 Å². The van der Waals surface area contributed by atoms with Crippen LogP contribution in [0, 0.1) is 34.5 Å². The van der Waals surface area contributed by atoms with Crippen molar-refractivity contribution in [3.8, 4) is 0 Å². The zero-order valence-corrected chi connectivity index (χ0v) is 23.9. The number of fused-ring (bicyclic) bond motifs is 1. The van der Waals surface area contributed by atoms with E-state index < -0.39 is 23.7 Å². The fourth-order valence-electron chi connectivity index (χ4n) is 6.81. The van der Waals surface area contributed by atoms with Crippen molar-refractivity contribution < 1.29 is 24.9 Å². The highest BCUT2D eigenvalue weighted by Crippen LogP contribution is 2.59. The summed E-state index contributed by atoms with van der Waals surface area (Å²) in [6.07, 6.45) is 12.8. The number of hydrogen-bond acceptors (Lipinski definition) is 5. The Morgan fingerprint density at radius 2 is 1.89 bits per heavy atom. The maximum atomic E-state index is 12.6. The summed E-state index contributed by atoms with van der Waals surface area (Å²) in [5.74, 6) is 1.19. The molecule has 3 saturated carbocycles. The molecule has 0 aromatic carbocycles. The first-order chi connectivity index (χ1) is 17.3. The Labute approximate surface area is 224 Å². The van der Waals surface area contributed by atoms with Crippen LogP contribution in [0.3, 0.4) is 0 Å². The molecule has 3 aliphatic rings. The number of allylic oxidation sites excluding steroid dienone is 4. The summed E-state index contributed by atoms with van der Waals surface area (Å²) in [5.41, 5.74) is 2.35. The lowest BCUT2D eigenvalue weighted by atomic mass is 9.61. The molecule has 0 unspecified atom stereocenters. The molecule has 0 spiro atoms. The molecule has 0 aliphatic heterocycles. The predicted molar refractivity (Wildman–Crippen MR) is 149 cm³/mol. The Hall–Kier alpha value is -1.69. The van der Waals surface area contributed by atoms with Crippen molar-refractivity contribution in [3.05, 3.63) is 47.6 Å². The van der Waals surface area contributed by atoms with Crippen molar-refractivity contribution in [3.63, 3.8) is 0 Å². The van der Waals surface area contributed by atoms with E-state index in [0.717, 1.165) is 36.8 Å².